The lowest BCUT2D eigenvalue weighted by Crippen LogP contribution is -2.53. The fourth-order valence-corrected chi connectivity index (χ4v) is 6.54. The SMILES string of the molecule is O=C(NC1CCC(c2cccc(F)c2F)CN(Cc2nccs2)C1=O)N1CCC(n2c(=O)[nH]c3ncccc32)CC1. The molecule has 5 heterocycles. The first-order valence-electron chi connectivity index (χ1n) is 13.6. The van der Waals surface area contributed by atoms with E-state index in [0.29, 0.717) is 43.0 Å². The highest BCUT2D eigenvalue weighted by Gasteiger charge is 2.36. The van der Waals surface area contributed by atoms with Crippen LogP contribution in [-0.2, 0) is 11.3 Å². The van der Waals surface area contributed by atoms with Crippen LogP contribution in [0.5, 0.6) is 0 Å². The van der Waals surface area contributed by atoms with Crippen LogP contribution in [0.1, 0.15) is 48.2 Å². The van der Waals surface area contributed by atoms with Gasteiger partial charge < -0.3 is 15.1 Å². The van der Waals surface area contributed by atoms with Gasteiger partial charge in [0.15, 0.2) is 17.3 Å². The quantitative estimate of drug-likeness (QED) is 0.372. The Morgan fingerprint density at radius 2 is 1.88 bits per heavy atom. The van der Waals surface area contributed by atoms with Crippen LogP contribution in [0, 0.1) is 11.6 Å². The molecule has 0 saturated carbocycles. The predicted molar refractivity (Wildman–Crippen MR) is 148 cm³/mol. The summed E-state index contributed by atoms with van der Waals surface area (Å²) in [6, 6.07) is 6.46. The second-order valence-corrected chi connectivity index (χ2v) is 11.4. The fraction of sp³-hybridized carbons (Fsp3) is 0.393. The Balaban J connectivity index is 1.15. The number of carbonyl (C=O) groups excluding carboxylic acids is 2. The Morgan fingerprint density at radius 3 is 2.66 bits per heavy atom. The third kappa shape index (κ3) is 5.45. The summed E-state index contributed by atoms with van der Waals surface area (Å²) in [6.07, 6.45) is 5.10. The molecule has 2 aliphatic heterocycles. The zero-order valence-electron chi connectivity index (χ0n) is 22.1. The van der Waals surface area contributed by atoms with E-state index in [2.05, 4.69) is 20.3 Å². The number of benzene rings is 1. The average molecular weight is 582 g/mol. The molecule has 13 heteroatoms. The van der Waals surface area contributed by atoms with Crippen LogP contribution in [-0.4, -0.2) is 66.9 Å². The first-order valence-corrected chi connectivity index (χ1v) is 14.5. The van der Waals surface area contributed by atoms with Crippen LogP contribution in [0.15, 0.2) is 52.9 Å². The molecule has 6 rings (SSSR count). The molecule has 0 bridgehead atoms. The topological polar surface area (TPSA) is 116 Å². The highest BCUT2D eigenvalue weighted by molar-refractivity contribution is 7.09. The number of urea groups is 1. The monoisotopic (exact) mass is 581 g/mol. The molecular formula is C28H29F2N7O3S. The van der Waals surface area contributed by atoms with Gasteiger partial charge in [-0.2, -0.15) is 0 Å². The first-order chi connectivity index (χ1) is 19.9. The number of likely N-dealkylation sites (tertiary alicyclic amines) is 2. The summed E-state index contributed by atoms with van der Waals surface area (Å²) in [5, 5.41) is 5.43. The molecule has 2 saturated heterocycles. The van der Waals surface area contributed by atoms with E-state index in [9.17, 15) is 23.2 Å². The van der Waals surface area contributed by atoms with E-state index in [1.54, 1.807) is 38.9 Å². The number of hydrogen-bond acceptors (Lipinski definition) is 6. The van der Waals surface area contributed by atoms with Gasteiger partial charge in [0.25, 0.3) is 0 Å². The maximum atomic E-state index is 14.7. The number of imidazole rings is 1. The lowest BCUT2D eigenvalue weighted by atomic mass is 9.93. The molecule has 2 aliphatic rings. The largest absolute Gasteiger partial charge is 0.334 e. The van der Waals surface area contributed by atoms with Crippen molar-refractivity contribution in [1.82, 2.24) is 34.6 Å². The molecule has 0 radical (unpaired) electrons. The molecule has 214 valence electrons. The minimum absolute atomic E-state index is 0.0836. The Hall–Kier alpha value is -4.13. The van der Waals surface area contributed by atoms with Gasteiger partial charge in [0.1, 0.15) is 11.0 Å². The lowest BCUT2D eigenvalue weighted by Gasteiger charge is -2.33. The van der Waals surface area contributed by atoms with Crippen molar-refractivity contribution in [2.24, 2.45) is 0 Å². The number of aromatic nitrogens is 4. The Labute approximate surface area is 238 Å². The van der Waals surface area contributed by atoms with Crippen molar-refractivity contribution in [3.05, 3.63) is 80.8 Å². The van der Waals surface area contributed by atoms with E-state index in [1.807, 2.05) is 11.4 Å². The summed E-state index contributed by atoms with van der Waals surface area (Å²) in [6.45, 7) is 1.23. The van der Waals surface area contributed by atoms with E-state index in [4.69, 9.17) is 0 Å². The van der Waals surface area contributed by atoms with Gasteiger partial charge in [0, 0.05) is 49.4 Å². The highest BCUT2D eigenvalue weighted by atomic mass is 32.1. The summed E-state index contributed by atoms with van der Waals surface area (Å²) < 4.78 is 30.5. The number of thiazole rings is 1. The minimum atomic E-state index is -0.927. The van der Waals surface area contributed by atoms with Gasteiger partial charge >= 0.3 is 11.7 Å². The summed E-state index contributed by atoms with van der Waals surface area (Å²) in [5.41, 5.74) is 1.26. The van der Waals surface area contributed by atoms with E-state index < -0.39 is 23.6 Å². The number of H-pyrrole nitrogens is 1. The molecule has 0 spiro atoms. The molecule has 3 aromatic heterocycles. The van der Waals surface area contributed by atoms with Gasteiger partial charge in [-0.05, 0) is 49.4 Å². The number of halogens is 2. The Bertz CT molecular complexity index is 1610. The lowest BCUT2D eigenvalue weighted by molar-refractivity contribution is -0.133. The molecule has 1 aromatic carbocycles. The van der Waals surface area contributed by atoms with E-state index in [-0.39, 0.29) is 48.7 Å². The molecule has 2 N–H and O–H groups in total. The van der Waals surface area contributed by atoms with Crippen molar-refractivity contribution >= 4 is 34.4 Å². The zero-order valence-corrected chi connectivity index (χ0v) is 22.9. The van der Waals surface area contributed by atoms with Gasteiger partial charge in [0.05, 0.1) is 12.1 Å². The second kappa shape index (κ2) is 11.4. The summed E-state index contributed by atoms with van der Waals surface area (Å²) >= 11 is 1.40. The molecule has 10 nitrogen and oxygen atoms in total. The van der Waals surface area contributed by atoms with Crippen LogP contribution < -0.4 is 11.0 Å². The van der Waals surface area contributed by atoms with Crippen molar-refractivity contribution in [3.8, 4) is 0 Å². The number of pyridine rings is 1. The minimum Gasteiger partial charge on any atom is -0.334 e. The van der Waals surface area contributed by atoms with Crippen LogP contribution in [0.2, 0.25) is 0 Å². The maximum Gasteiger partial charge on any atom is 0.327 e. The third-order valence-corrected chi connectivity index (χ3v) is 8.75. The zero-order chi connectivity index (χ0) is 28.5. The molecular weight excluding hydrogens is 552 g/mol. The van der Waals surface area contributed by atoms with Gasteiger partial charge in [0.2, 0.25) is 5.91 Å². The van der Waals surface area contributed by atoms with Crippen LogP contribution in [0.25, 0.3) is 11.2 Å². The summed E-state index contributed by atoms with van der Waals surface area (Å²) in [5.74, 6) is -2.55. The van der Waals surface area contributed by atoms with E-state index >= 15 is 0 Å². The third-order valence-electron chi connectivity index (χ3n) is 7.99. The number of hydrogen-bond donors (Lipinski definition) is 2. The standard InChI is InChI=1S/C28H29F2N7O3S/c29-20-4-1-3-19(24(20)30)17-6-7-21(26(38)36(15-17)16-23-31-11-14-41-23)33-27(39)35-12-8-18(9-13-35)37-22-5-2-10-32-25(22)34-28(37)40/h1-5,10-11,14,17-18,21H,6-9,12-13,15-16H2,(H,33,39)(H,32,34,40). The van der Waals surface area contributed by atoms with Crippen molar-refractivity contribution < 1.29 is 18.4 Å². The van der Waals surface area contributed by atoms with Gasteiger partial charge in [-0.3, -0.25) is 14.3 Å². The van der Waals surface area contributed by atoms with Crippen molar-refractivity contribution in [2.75, 3.05) is 19.6 Å². The molecule has 41 heavy (non-hydrogen) atoms. The fourth-order valence-electron chi connectivity index (χ4n) is 5.91. The van der Waals surface area contributed by atoms with Crippen molar-refractivity contribution in [3.63, 3.8) is 0 Å². The number of nitrogens with zero attached hydrogens (tertiary/aromatic N) is 5. The summed E-state index contributed by atoms with van der Waals surface area (Å²) in [7, 11) is 0. The molecule has 2 atom stereocenters. The van der Waals surface area contributed by atoms with Crippen LogP contribution >= 0.6 is 11.3 Å². The first kappa shape index (κ1) is 27.1. The average Bonchev–Trinajstić information content (AvgIpc) is 3.58. The van der Waals surface area contributed by atoms with Gasteiger partial charge in [-0.15, -0.1) is 11.3 Å². The van der Waals surface area contributed by atoms with Crippen LogP contribution in [0.3, 0.4) is 0 Å². The highest BCUT2D eigenvalue weighted by Crippen LogP contribution is 2.31. The maximum absolute atomic E-state index is 14.7. The number of nitrogens with one attached hydrogen (secondary N) is 2. The predicted octanol–water partition coefficient (Wildman–Crippen LogP) is 3.78. The molecule has 2 unspecified atom stereocenters. The normalized spacial score (nSPS) is 20.4. The van der Waals surface area contributed by atoms with Gasteiger partial charge in [-0.25, -0.2) is 28.3 Å². The van der Waals surface area contributed by atoms with Crippen molar-refractivity contribution in [1.29, 1.82) is 0 Å². The molecule has 2 fully saturated rings. The number of carbonyl (C=O) groups is 2. The molecule has 0 aliphatic carbocycles. The molecule has 4 aromatic rings. The van der Waals surface area contributed by atoms with Crippen LogP contribution in [0.4, 0.5) is 13.6 Å². The van der Waals surface area contributed by atoms with Crippen molar-refractivity contribution in [2.45, 2.75) is 50.2 Å². The van der Waals surface area contributed by atoms with Gasteiger partial charge in [-0.1, -0.05) is 12.1 Å². The number of aromatic amines is 1. The van der Waals surface area contributed by atoms with E-state index in [1.165, 1.54) is 17.4 Å². The Kier molecular flexibility index (Phi) is 7.52. The molecule has 3 amide bonds. The second-order valence-electron chi connectivity index (χ2n) is 10.5. The smallest absolute Gasteiger partial charge is 0.327 e. The number of rotatable bonds is 5. The number of amides is 3. The Morgan fingerprint density at radius 1 is 1.05 bits per heavy atom. The summed E-state index contributed by atoms with van der Waals surface area (Å²) in [4.78, 5) is 54.0. The number of piperidine rings is 1. The van der Waals surface area contributed by atoms with E-state index in [0.717, 1.165) is 11.6 Å². The number of fused-ring (bicyclic) bond motifs is 1.